The van der Waals surface area contributed by atoms with Gasteiger partial charge in [0.05, 0.1) is 5.69 Å². The topological polar surface area (TPSA) is 70.7 Å². The van der Waals surface area contributed by atoms with Crippen LogP contribution in [0.5, 0.6) is 0 Å². The molecular weight excluding hydrogens is 248 g/mol. The van der Waals surface area contributed by atoms with Gasteiger partial charge in [0.15, 0.2) is 5.16 Å². The molecule has 2 aromatic rings. The van der Waals surface area contributed by atoms with Gasteiger partial charge in [-0.05, 0) is 26.1 Å². The molecule has 2 heterocycles. The summed E-state index contributed by atoms with van der Waals surface area (Å²) in [7, 11) is 1.90. The average molecular weight is 262 g/mol. The van der Waals surface area contributed by atoms with Crippen molar-refractivity contribution < 1.29 is 0 Å². The van der Waals surface area contributed by atoms with Crippen molar-refractivity contribution >= 4 is 11.8 Å². The standard InChI is InChI=1S/C12H14N4OS/c1-8(13-2)10-4-3-9(7-15-10)18-12-14-6-5-11(17)16-12/h3-8,13H,1-2H3,(H,14,16,17). The zero-order valence-corrected chi connectivity index (χ0v) is 11.0. The lowest BCUT2D eigenvalue weighted by Gasteiger charge is -2.09. The third-order valence-electron chi connectivity index (χ3n) is 2.50. The molecule has 0 saturated carbocycles. The maximum atomic E-state index is 11.1. The summed E-state index contributed by atoms with van der Waals surface area (Å²) in [5, 5.41) is 3.70. The smallest absolute Gasteiger partial charge is 0.251 e. The van der Waals surface area contributed by atoms with Crippen LogP contribution in [-0.4, -0.2) is 22.0 Å². The molecule has 0 aliphatic rings. The van der Waals surface area contributed by atoms with Crippen molar-refractivity contribution in [1.29, 1.82) is 0 Å². The highest BCUT2D eigenvalue weighted by molar-refractivity contribution is 7.99. The third kappa shape index (κ3) is 3.18. The Hall–Kier alpha value is -1.66. The molecule has 18 heavy (non-hydrogen) atoms. The van der Waals surface area contributed by atoms with Crippen LogP contribution >= 0.6 is 11.8 Å². The normalized spacial score (nSPS) is 12.3. The van der Waals surface area contributed by atoms with Crippen molar-refractivity contribution in [2.75, 3.05) is 7.05 Å². The number of rotatable bonds is 4. The summed E-state index contributed by atoms with van der Waals surface area (Å²) >= 11 is 1.38. The number of hydrogen-bond acceptors (Lipinski definition) is 5. The number of pyridine rings is 1. The Morgan fingerprint density at radius 3 is 2.78 bits per heavy atom. The maximum absolute atomic E-state index is 11.1. The van der Waals surface area contributed by atoms with Crippen LogP contribution in [0.1, 0.15) is 18.7 Å². The van der Waals surface area contributed by atoms with Gasteiger partial charge in [-0.25, -0.2) is 4.98 Å². The minimum Gasteiger partial charge on any atom is -0.312 e. The molecule has 6 heteroatoms. The zero-order chi connectivity index (χ0) is 13.0. The summed E-state index contributed by atoms with van der Waals surface area (Å²) in [5.41, 5.74) is 0.831. The summed E-state index contributed by atoms with van der Waals surface area (Å²) in [4.78, 5) is 23.2. The molecule has 2 rings (SSSR count). The summed E-state index contributed by atoms with van der Waals surface area (Å²) in [6.07, 6.45) is 3.27. The van der Waals surface area contributed by atoms with Crippen LogP contribution in [0.4, 0.5) is 0 Å². The van der Waals surface area contributed by atoms with E-state index in [9.17, 15) is 4.79 Å². The van der Waals surface area contributed by atoms with Crippen molar-refractivity contribution in [3.05, 3.63) is 46.6 Å². The molecule has 0 aliphatic carbocycles. The van der Waals surface area contributed by atoms with Gasteiger partial charge in [0.25, 0.3) is 5.56 Å². The van der Waals surface area contributed by atoms with E-state index < -0.39 is 0 Å². The molecule has 0 saturated heterocycles. The van der Waals surface area contributed by atoms with Gasteiger partial charge < -0.3 is 10.3 Å². The van der Waals surface area contributed by atoms with Crippen LogP contribution in [0.25, 0.3) is 0 Å². The molecule has 0 aromatic carbocycles. The molecule has 2 N–H and O–H groups in total. The van der Waals surface area contributed by atoms with Crippen LogP contribution in [0.3, 0.4) is 0 Å². The van der Waals surface area contributed by atoms with E-state index in [1.165, 1.54) is 24.0 Å². The van der Waals surface area contributed by atoms with E-state index in [0.717, 1.165) is 10.6 Å². The second-order valence-electron chi connectivity index (χ2n) is 3.77. The lowest BCUT2D eigenvalue weighted by atomic mass is 10.2. The fourth-order valence-electron chi connectivity index (χ4n) is 1.37. The van der Waals surface area contributed by atoms with Gasteiger partial charge in [0, 0.05) is 29.4 Å². The summed E-state index contributed by atoms with van der Waals surface area (Å²) in [5.74, 6) is 0. The summed E-state index contributed by atoms with van der Waals surface area (Å²) in [6.45, 7) is 2.05. The fourth-order valence-corrected chi connectivity index (χ4v) is 2.10. The maximum Gasteiger partial charge on any atom is 0.251 e. The van der Waals surface area contributed by atoms with Crippen LogP contribution in [0, 0.1) is 0 Å². The minimum absolute atomic E-state index is 0.152. The van der Waals surface area contributed by atoms with Crippen molar-refractivity contribution in [2.24, 2.45) is 0 Å². The van der Waals surface area contributed by atoms with Gasteiger partial charge in [-0.3, -0.25) is 9.78 Å². The quantitative estimate of drug-likeness (QED) is 0.819. The molecule has 1 atom stereocenters. The SMILES string of the molecule is CNC(C)c1ccc(Sc2nccc(=O)[nH]2)cn1. The highest BCUT2D eigenvalue weighted by atomic mass is 32.2. The number of hydrogen-bond donors (Lipinski definition) is 2. The van der Waals surface area contributed by atoms with Crippen molar-refractivity contribution in [3.8, 4) is 0 Å². The van der Waals surface area contributed by atoms with Gasteiger partial charge in [0.1, 0.15) is 0 Å². The average Bonchev–Trinajstić information content (AvgIpc) is 2.39. The molecule has 0 amide bonds. The predicted octanol–water partition coefficient (Wildman–Crippen LogP) is 1.60. The number of nitrogens with zero attached hydrogens (tertiary/aromatic N) is 2. The first-order chi connectivity index (χ1) is 8.69. The Bertz CT molecular complexity index is 567. The molecule has 2 aromatic heterocycles. The van der Waals surface area contributed by atoms with E-state index in [-0.39, 0.29) is 11.6 Å². The van der Waals surface area contributed by atoms with Gasteiger partial charge in [0.2, 0.25) is 0 Å². The Balaban J connectivity index is 2.13. The number of aromatic nitrogens is 3. The molecule has 1 unspecified atom stereocenters. The first-order valence-electron chi connectivity index (χ1n) is 5.55. The lowest BCUT2D eigenvalue weighted by molar-refractivity contribution is 0.631. The van der Waals surface area contributed by atoms with E-state index >= 15 is 0 Å². The largest absolute Gasteiger partial charge is 0.312 e. The molecule has 5 nitrogen and oxygen atoms in total. The molecule has 0 bridgehead atoms. The van der Waals surface area contributed by atoms with E-state index in [0.29, 0.717) is 5.16 Å². The van der Waals surface area contributed by atoms with Crippen molar-refractivity contribution in [2.45, 2.75) is 23.0 Å². The van der Waals surface area contributed by atoms with Crippen molar-refractivity contribution in [3.63, 3.8) is 0 Å². The molecule has 0 aliphatic heterocycles. The van der Waals surface area contributed by atoms with Crippen LogP contribution in [-0.2, 0) is 0 Å². The summed E-state index contributed by atoms with van der Waals surface area (Å²) in [6, 6.07) is 5.54. The van der Waals surface area contributed by atoms with Crippen molar-refractivity contribution in [1.82, 2.24) is 20.3 Å². The Morgan fingerprint density at radius 2 is 2.17 bits per heavy atom. The Morgan fingerprint density at radius 1 is 1.33 bits per heavy atom. The Kier molecular flexibility index (Phi) is 4.11. The van der Waals surface area contributed by atoms with Crippen LogP contribution < -0.4 is 10.9 Å². The highest BCUT2D eigenvalue weighted by Gasteiger charge is 2.05. The lowest BCUT2D eigenvalue weighted by Crippen LogP contribution is -2.13. The number of nitrogens with one attached hydrogen (secondary N) is 2. The number of H-pyrrole nitrogens is 1. The van der Waals surface area contributed by atoms with Gasteiger partial charge in [-0.1, -0.05) is 11.8 Å². The van der Waals surface area contributed by atoms with E-state index in [2.05, 4.69) is 20.3 Å². The van der Waals surface area contributed by atoms with E-state index in [4.69, 9.17) is 0 Å². The first kappa shape index (κ1) is 12.8. The third-order valence-corrected chi connectivity index (χ3v) is 3.38. The van der Waals surface area contributed by atoms with Gasteiger partial charge in [-0.15, -0.1) is 0 Å². The van der Waals surface area contributed by atoms with Crippen LogP contribution in [0.2, 0.25) is 0 Å². The number of aromatic amines is 1. The molecule has 0 radical (unpaired) electrons. The monoisotopic (exact) mass is 262 g/mol. The molecular formula is C12H14N4OS. The van der Waals surface area contributed by atoms with Gasteiger partial charge >= 0.3 is 0 Å². The minimum atomic E-state index is -0.152. The first-order valence-corrected chi connectivity index (χ1v) is 6.37. The molecule has 94 valence electrons. The second kappa shape index (κ2) is 5.79. The van der Waals surface area contributed by atoms with E-state index in [1.54, 1.807) is 6.20 Å². The second-order valence-corrected chi connectivity index (χ2v) is 4.83. The zero-order valence-electron chi connectivity index (χ0n) is 10.2. The molecule has 0 spiro atoms. The fraction of sp³-hybridized carbons (Fsp3) is 0.250. The Labute approximate surface area is 109 Å². The van der Waals surface area contributed by atoms with Crippen LogP contribution in [0.15, 0.2) is 45.4 Å². The van der Waals surface area contributed by atoms with E-state index in [1.807, 2.05) is 26.1 Å². The van der Waals surface area contributed by atoms with Gasteiger partial charge in [-0.2, -0.15) is 0 Å². The predicted molar refractivity (Wildman–Crippen MR) is 70.7 cm³/mol. The summed E-state index contributed by atoms with van der Waals surface area (Å²) < 4.78 is 0. The highest BCUT2D eigenvalue weighted by Crippen LogP contribution is 2.23. The molecule has 0 fully saturated rings.